The summed E-state index contributed by atoms with van der Waals surface area (Å²) in [5, 5.41) is 1.58. The van der Waals surface area contributed by atoms with Gasteiger partial charge in [-0.05, 0) is 31.0 Å². The molecule has 112 valence electrons. The third-order valence-corrected chi connectivity index (χ3v) is 5.20. The molecule has 0 radical (unpaired) electrons. The normalized spacial score (nSPS) is 13.2. The highest BCUT2D eigenvalue weighted by atomic mass is 35.5. The lowest BCUT2D eigenvalue weighted by Crippen LogP contribution is -2.39. The van der Waals surface area contributed by atoms with Gasteiger partial charge in [-0.3, -0.25) is 4.79 Å². The summed E-state index contributed by atoms with van der Waals surface area (Å²) in [7, 11) is -3.78. The van der Waals surface area contributed by atoms with Crippen molar-refractivity contribution in [2.75, 3.05) is 12.3 Å². The molecule has 1 aromatic rings. The fourth-order valence-corrected chi connectivity index (χ4v) is 3.04. The maximum Gasteiger partial charge on any atom is 0.238 e. The van der Waals surface area contributed by atoms with Gasteiger partial charge in [0.05, 0.1) is 15.6 Å². The molecule has 0 aromatic heterocycles. The number of halogens is 1. The molecule has 0 aliphatic heterocycles. The Kier molecular flexibility index (Phi) is 5.42. The van der Waals surface area contributed by atoms with Gasteiger partial charge in [-0.25, -0.2) is 8.42 Å². The van der Waals surface area contributed by atoms with Crippen LogP contribution in [0.15, 0.2) is 23.1 Å². The highest BCUT2D eigenvalue weighted by Gasteiger charge is 2.30. The molecule has 0 spiro atoms. The molecular weight excluding hydrogens is 300 g/mol. The summed E-state index contributed by atoms with van der Waals surface area (Å²) in [6.45, 7) is 5.65. The van der Waals surface area contributed by atoms with Crippen LogP contribution in [-0.4, -0.2) is 26.1 Å². The zero-order valence-electron chi connectivity index (χ0n) is 11.7. The molecule has 0 bridgehead atoms. The van der Waals surface area contributed by atoms with Gasteiger partial charge in [0.15, 0.2) is 9.84 Å². The quantitative estimate of drug-likeness (QED) is 0.811. The topological polar surface area (TPSA) is 89.3 Å². The van der Waals surface area contributed by atoms with Crippen LogP contribution < -0.4 is 11.1 Å². The van der Waals surface area contributed by atoms with Gasteiger partial charge in [0.2, 0.25) is 5.91 Å². The van der Waals surface area contributed by atoms with Crippen LogP contribution in [0.25, 0.3) is 0 Å². The lowest BCUT2D eigenvalue weighted by Gasteiger charge is -2.15. The number of nitrogens with two attached hydrogens (primary N) is 1. The predicted octanol–water partition coefficient (Wildman–Crippen LogP) is 1.86. The second-order valence-corrected chi connectivity index (χ2v) is 7.69. The zero-order valence-corrected chi connectivity index (χ0v) is 13.3. The van der Waals surface area contributed by atoms with Gasteiger partial charge < -0.3 is 11.1 Å². The molecule has 0 heterocycles. The molecule has 1 unspecified atom stereocenters. The second kappa shape index (κ2) is 6.45. The number of hydrogen-bond donors (Lipinski definition) is 2. The third-order valence-electron chi connectivity index (χ3n) is 2.82. The van der Waals surface area contributed by atoms with E-state index in [2.05, 4.69) is 5.32 Å². The van der Waals surface area contributed by atoms with E-state index in [0.29, 0.717) is 12.2 Å². The predicted molar refractivity (Wildman–Crippen MR) is 80.4 cm³/mol. The molecular formula is C13H19ClN2O3S. The van der Waals surface area contributed by atoms with E-state index in [0.717, 1.165) is 0 Å². The molecule has 0 fully saturated rings. The number of sulfone groups is 1. The fourth-order valence-electron chi connectivity index (χ4n) is 1.48. The molecule has 0 aliphatic carbocycles. The summed E-state index contributed by atoms with van der Waals surface area (Å²) >= 11 is 5.82. The van der Waals surface area contributed by atoms with Crippen molar-refractivity contribution in [3.05, 3.63) is 23.2 Å². The Balaban J connectivity index is 2.97. The van der Waals surface area contributed by atoms with Gasteiger partial charge >= 0.3 is 0 Å². The van der Waals surface area contributed by atoms with Crippen LogP contribution in [0.5, 0.6) is 0 Å². The molecule has 20 heavy (non-hydrogen) atoms. The molecule has 7 heteroatoms. The first-order chi connectivity index (χ1) is 9.16. The number of hydrogen-bond acceptors (Lipinski definition) is 4. The first kappa shape index (κ1) is 16.8. The highest BCUT2D eigenvalue weighted by molar-refractivity contribution is 7.92. The number of carbonyl (C=O) groups excluding carboxylic acids is 1. The average Bonchev–Trinajstić information content (AvgIpc) is 2.37. The lowest BCUT2D eigenvalue weighted by atomic mass is 10.2. The Labute approximate surface area is 124 Å². The fraction of sp³-hybridized carbons (Fsp3) is 0.462. The van der Waals surface area contributed by atoms with E-state index in [4.69, 9.17) is 17.3 Å². The number of benzene rings is 1. The van der Waals surface area contributed by atoms with Crippen molar-refractivity contribution >= 4 is 33.0 Å². The van der Waals surface area contributed by atoms with Crippen molar-refractivity contribution in [1.82, 2.24) is 5.32 Å². The van der Waals surface area contributed by atoms with Gasteiger partial charge in [0.25, 0.3) is 0 Å². The number of rotatable bonds is 5. The van der Waals surface area contributed by atoms with Crippen LogP contribution in [-0.2, 0) is 14.6 Å². The van der Waals surface area contributed by atoms with Crippen LogP contribution in [0.1, 0.15) is 20.8 Å². The Hall–Kier alpha value is -1.27. The Morgan fingerprint density at radius 3 is 2.45 bits per heavy atom. The van der Waals surface area contributed by atoms with Crippen molar-refractivity contribution in [3.63, 3.8) is 0 Å². The molecule has 0 aliphatic rings. The number of nitrogen functional groups attached to an aromatic ring is 1. The molecule has 1 rings (SSSR count). The first-order valence-corrected chi connectivity index (χ1v) is 8.15. The van der Waals surface area contributed by atoms with Gasteiger partial charge in [0, 0.05) is 6.54 Å². The minimum atomic E-state index is -3.78. The molecule has 0 saturated heterocycles. The minimum Gasteiger partial charge on any atom is -0.398 e. The maximum absolute atomic E-state index is 12.3. The SMILES string of the molecule is CC(C)CNC(=O)C(C)S(=O)(=O)c1ccc(N)c(Cl)c1. The molecule has 1 aromatic carbocycles. The van der Waals surface area contributed by atoms with E-state index >= 15 is 0 Å². The van der Waals surface area contributed by atoms with Crippen LogP contribution >= 0.6 is 11.6 Å². The molecule has 1 atom stereocenters. The van der Waals surface area contributed by atoms with Gasteiger partial charge in [-0.1, -0.05) is 25.4 Å². The smallest absolute Gasteiger partial charge is 0.238 e. The van der Waals surface area contributed by atoms with Crippen molar-refractivity contribution in [3.8, 4) is 0 Å². The lowest BCUT2D eigenvalue weighted by molar-refractivity contribution is -0.120. The first-order valence-electron chi connectivity index (χ1n) is 6.23. The van der Waals surface area contributed by atoms with Crippen molar-refractivity contribution in [1.29, 1.82) is 0 Å². The van der Waals surface area contributed by atoms with Gasteiger partial charge in [0.1, 0.15) is 5.25 Å². The summed E-state index contributed by atoms with van der Waals surface area (Å²) in [4.78, 5) is 11.9. The Bertz CT molecular complexity index is 600. The minimum absolute atomic E-state index is 0.0103. The van der Waals surface area contributed by atoms with E-state index in [-0.39, 0.29) is 15.8 Å². The number of carbonyl (C=O) groups is 1. The molecule has 3 N–H and O–H groups in total. The van der Waals surface area contributed by atoms with Crippen LogP contribution in [0.4, 0.5) is 5.69 Å². The summed E-state index contributed by atoms with van der Waals surface area (Å²) in [5.74, 6) is -0.272. The van der Waals surface area contributed by atoms with Crippen LogP contribution in [0.3, 0.4) is 0 Å². The Morgan fingerprint density at radius 1 is 1.35 bits per heavy atom. The maximum atomic E-state index is 12.3. The van der Waals surface area contributed by atoms with Crippen LogP contribution in [0.2, 0.25) is 5.02 Å². The van der Waals surface area contributed by atoms with Crippen molar-refractivity contribution < 1.29 is 13.2 Å². The number of anilines is 1. The summed E-state index contributed by atoms with van der Waals surface area (Å²) in [5.41, 5.74) is 5.84. The summed E-state index contributed by atoms with van der Waals surface area (Å²) < 4.78 is 24.6. The monoisotopic (exact) mass is 318 g/mol. The average molecular weight is 319 g/mol. The molecule has 0 saturated carbocycles. The zero-order chi connectivity index (χ0) is 15.5. The van der Waals surface area contributed by atoms with E-state index in [1.807, 2.05) is 13.8 Å². The van der Waals surface area contributed by atoms with E-state index < -0.39 is 21.0 Å². The van der Waals surface area contributed by atoms with Crippen molar-refractivity contribution in [2.45, 2.75) is 30.9 Å². The second-order valence-electron chi connectivity index (χ2n) is 5.01. The number of amides is 1. The van der Waals surface area contributed by atoms with E-state index in [1.165, 1.54) is 25.1 Å². The highest BCUT2D eigenvalue weighted by Crippen LogP contribution is 2.25. The van der Waals surface area contributed by atoms with Crippen LogP contribution in [0, 0.1) is 5.92 Å². The van der Waals surface area contributed by atoms with E-state index in [1.54, 1.807) is 0 Å². The van der Waals surface area contributed by atoms with Gasteiger partial charge in [-0.2, -0.15) is 0 Å². The summed E-state index contributed by atoms with van der Waals surface area (Å²) in [6.07, 6.45) is 0. The van der Waals surface area contributed by atoms with Gasteiger partial charge in [-0.15, -0.1) is 0 Å². The molecule has 1 amide bonds. The number of nitrogens with one attached hydrogen (secondary N) is 1. The van der Waals surface area contributed by atoms with E-state index in [9.17, 15) is 13.2 Å². The van der Waals surface area contributed by atoms with Crippen molar-refractivity contribution in [2.24, 2.45) is 5.92 Å². The molecule has 5 nitrogen and oxygen atoms in total. The summed E-state index contributed by atoms with van der Waals surface area (Å²) in [6, 6.07) is 4.02. The largest absolute Gasteiger partial charge is 0.398 e. The third kappa shape index (κ3) is 3.86. The standard InChI is InChI=1S/C13H19ClN2O3S/c1-8(2)7-16-13(17)9(3)20(18,19)10-4-5-12(15)11(14)6-10/h4-6,8-9H,7,15H2,1-3H3,(H,16,17). The Morgan fingerprint density at radius 2 is 1.95 bits per heavy atom.